The predicted octanol–water partition coefficient (Wildman–Crippen LogP) is -0.372. The summed E-state index contributed by atoms with van der Waals surface area (Å²) >= 11 is 2.09. The molecule has 1 aliphatic rings. The smallest absolute Gasteiger partial charge is 0.332 e. The number of ether oxygens (including phenoxy) is 1. The SMILES string of the molecule is COc1ccc(I)cc1N1CCC(=O)N(CNC(=O)CNC(=O)C(CC(=O)O)NC(C)=O)C1=O. The topological polar surface area (TPSA) is 174 Å². The van der Waals surface area contributed by atoms with Crippen LogP contribution in [0.15, 0.2) is 18.2 Å². The van der Waals surface area contributed by atoms with Gasteiger partial charge in [0, 0.05) is 23.5 Å². The summed E-state index contributed by atoms with van der Waals surface area (Å²) in [5.74, 6) is -3.55. The number of carbonyl (C=O) groups is 6. The molecular weight excluding hydrogens is 565 g/mol. The molecule has 1 fully saturated rings. The highest BCUT2D eigenvalue weighted by atomic mass is 127. The Hall–Kier alpha value is -3.43. The van der Waals surface area contributed by atoms with Crippen LogP contribution in [0.1, 0.15) is 19.8 Å². The van der Waals surface area contributed by atoms with E-state index in [1.807, 2.05) is 6.07 Å². The van der Waals surface area contributed by atoms with E-state index in [1.54, 1.807) is 12.1 Å². The molecule has 0 aromatic heterocycles. The van der Waals surface area contributed by atoms with Crippen LogP contribution in [0.25, 0.3) is 0 Å². The fraction of sp³-hybridized carbons (Fsp3) is 0.400. The van der Waals surface area contributed by atoms with E-state index in [2.05, 4.69) is 38.5 Å². The van der Waals surface area contributed by atoms with Gasteiger partial charge < -0.3 is 25.8 Å². The molecule has 6 amide bonds. The van der Waals surface area contributed by atoms with Gasteiger partial charge in [0.25, 0.3) is 0 Å². The van der Waals surface area contributed by atoms with Gasteiger partial charge in [-0.15, -0.1) is 0 Å². The van der Waals surface area contributed by atoms with Gasteiger partial charge in [-0.2, -0.15) is 0 Å². The van der Waals surface area contributed by atoms with Gasteiger partial charge in [0.05, 0.1) is 25.8 Å². The molecule has 1 saturated heterocycles. The molecule has 184 valence electrons. The first kappa shape index (κ1) is 26.8. The number of hydrogen-bond acceptors (Lipinski definition) is 7. The van der Waals surface area contributed by atoms with Crippen LogP contribution in [-0.4, -0.2) is 78.5 Å². The van der Waals surface area contributed by atoms with Gasteiger partial charge in [-0.3, -0.25) is 28.9 Å². The van der Waals surface area contributed by atoms with Crippen LogP contribution in [0.5, 0.6) is 5.75 Å². The second kappa shape index (κ2) is 12.2. The number of carboxylic acid groups (broad SMARTS) is 1. The summed E-state index contributed by atoms with van der Waals surface area (Å²) in [7, 11) is 1.46. The summed E-state index contributed by atoms with van der Waals surface area (Å²) in [5.41, 5.74) is 0.484. The molecular formula is C20H24IN5O8. The first-order valence-corrected chi connectivity index (χ1v) is 11.1. The number of rotatable bonds is 10. The van der Waals surface area contributed by atoms with Crippen LogP contribution < -0.4 is 25.6 Å². The lowest BCUT2D eigenvalue weighted by atomic mass is 10.2. The number of urea groups is 1. The van der Waals surface area contributed by atoms with Gasteiger partial charge in [-0.05, 0) is 40.8 Å². The van der Waals surface area contributed by atoms with Gasteiger partial charge in [0.1, 0.15) is 18.5 Å². The van der Waals surface area contributed by atoms with E-state index in [-0.39, 0.29) is 13.0 Å². The normalized spacial score (nSPS) is 14.3. The van der Waals surface area contributed by atoms with Crippen molar-refractivity contribution < 1.29 is 38.6 Å². The highest BCUT2D eigenvalue weighted by molar-refractivity contribution is 14.1. The molecule has 14 heteroatoms. The van der Waals surface area contributed by atoms with Gasteiger partial charge in [0.15, 0.2) is 0 Å². The van der Waals surface area contributed by atoms with Crippen LogP contribution in [0.4, 0.5) is 10.5 Å². The number of hydrogen-bond donors (Lipinski definition) is 4. The Morgan fingerprint density at radius 3 is 2.53 bits per heavy atom. The highest BCUT2D eigenvalue weighted by Gasteiger charge is 2.34. The Kier molecular flexibility index (Phi) is 9.58. The third-order valence-electron chi connectivity index (χ3n) is 4.67. The average molecular weight is 589 g/mol. The number of benzene rings is 1. The zero-order valence-corrected chi connectivity index (χ0v) is 20.6. The van der Waals surface area contributed by atoms with Crippen LogP contribution in [0.2, 0.25) is 0 Å². The maximum atomic E-state index is 12.9. The van der Waals surface area contributed by atoms with Crippen molar-refractivity contribution in [3.63, 3.8) is 0 Å². The van der Waals surface area contributed by atoms with Crippen molar-refractivity contribution in [2.75, 3.05) is 31.8 Å². The Bertz CT molecular complexity index is 985. The van der Waals surface area contributed by atoms with Crippen molar-refractivity contribution in [1.82, 2.24) is 20.9 Å². The molecule has 0 radical (unpaired) electrons. The standard InChI is InChI=1S/C20H24IN5O8/c1-11(27)24-13(8-18(30)31)19(32)22-9-16(28)23-10-26-17(29)5-6-25(20(26)33)14-7-12(21)3-4-15(14)34-2/h3-4,7,13H,5-6,8-10H2,1-2H3,(H,22,32)(H,23,28)(H,24,27)(H,30,31). The van der Waals surface area contributed by atoms with Gasteiger partial charge >= 0.3 is 12.0 Å². The number of nitrogens with zero attached hydrogens (tertiary/aromatic N) is 2. The zero-order chi connectivity index (χ0) is 25.4. The van der Waals surface area contributed by atoms with E-state index in [9.17, 15) is 28.8 Å². The third-order valence-corrected chi connectivity index (χ3v) is 5.35. The van der Waals surface area contributed by atoms with Crippen LogP contribution in [0.3, 0.4) is 0 Å². The molecule has 4 N–H and O–H groups in total. The fourth-order valence-electron chi connectivity index (χ4n) is 3.09. The Labute approximate surface area is 208 Å². The number of halogens is 1. The van der Waals surface area contributed by atoms with Crippen molar-refractivity contribution in [3.8, 4) is 5.75 Å². The Morgan fingerprint density at radius 1 is 1.21 bits per heavy atom. The summed E-state index contributed by atoms with van der Waals surface area (Å²) < 4.78 is 6.17. The number of anilines is 1. The van der Waals surface area contributed by atoms with Crippen molar-refractivity contribution in [1.29, 1.82) is 0 Å². The van der Waals surface area contributed by atoms with Crippen LogP contribution in [0, 0.1) is 3.57 Å². The minimum atomic E-state index is -1.36. The summed E-state index contributed by atoms with van der Waals surface area (Å²) in [6.07, 6.45) is -0.637. The molecule has 1 aliphatic heterocycles. The monoisotopic (exact) mass is 589 g/mol. The van der Waals surface area contributed by atoms with E-state index in [4.69, 9.17) is 9.84 Å². The first-order chi connectivity index (χ1) is 16.0. The molecule has 2 rings (SSSR count). The summed E-state index contributed by atoms with van der Waals surface area (Å²) in [4.78, 5) is 73.8. The van der Waals surface area contributed by atoms with Crippen molar-refractivity contribution in [2.24, 2.45) is 0 Å². The number of nitrogens with one attached hydrogen (secondary N) is 3. The molecule has 0 aliphatic carbocycles. The summed E-state index contributed by atoms with van der Waals surface area (Å²) in [6, 6.07) is 3.25. The number of carboxylic acids is 1. The van der Waals surface area contributed by atoms with E-state index >= 15 is 0 Å². The van der Waals surface area contributed by atoms with E-state index in [0.29, 0.717) is 11.4 Å². The number of aliphatic carboxylic acids is 1. The second-order valence-corrected chi connectivity index (χ2v) is 8.39. The average Bonchev–Trinajstić information content (AvgIpc) is 2.76. The van der Waals surface area contributed by atoms with Gasteiger partial charge in [0.2, 0.25) is 23.6 Å². The molecule has 1 unspecified atom stereocenters. The minimum Gasteiger partial charge on any atom is -0.495 e. The maximum Gasteiger partial charge on any atom is 0.332 e. The summed E-state index contributed by atoms with van der Waals surface area (Å²) in [5, 5.41) is 15.6. The quantitative estimate of drug-likeness (QED) is 0.268. The number of amides is 6. The lowest BCUT2D eigenvalue weighted by Crippen LogP contribution is -2.56. The maximum absolute atomic E-state index is 12.9. The lowest BCUT2D eigenvalue weighted by Gasteiger charge is -2.34. The van der Waals surface area contributed by atoms with Gasteiger partial charge in [-0.25, -0.2) is 9.69 Å². The van der Waals surface area contributed by atoms with E-state index in [1.165, 1.54) is 12.0 Å². The fourth-order valence-corrected chi connectivity index (χ4v) is 3.57. The molecule has 0 saturated carbocycles. The first-order valence-electron chi connectivity index (χ1n) is 10.0. The predicted molar refractivity (Wildman–Crippen MR) is 126 cm³/mol. The van der Waals surface area contributed by atoms with Crippen LogP contribution >= 0.6 is 22.6 Å². The third kappa shape index (κ3) is 7.29. The zero-order valence-electron chi connectivity index (χ0n) is 18.4. The van der Waals surface area contributed by atoms with Crippen molar-refractivity contribution >= 4 is 63.9 Å². The van der Waals surface area contributed by atoms with Crippen LogP contribution in [-0.2, 0) is 24.0 Å². The number of imide groups is 1. The second-order valence-electron chi connectivity index (χ2n) is 7.15. The molecule has 0 bridgehead atoms. The van der Waals surface area contributed by atoms with Gasteiger partial charge in [-0.1, -0.05) is 0 Å². The van der Waals surface area contributed by atoms with E-state index < -0.39 is 61.3 Å². The molecule has 1 aromatic carbocycles. The highest BCUT2D eigenvalue weighted by Crippen LogP contribution is 2.32. The number of methoxy groups -OCH3 is 1. The lowest BCUT2D eigenvalue weighted by molar-refractivity contribution is -0.140. The molecule has 0 spiro atoms. The molecule has 13 nitrogen and oxygen atoms in total. The molecule has 1 atom stereocenters. The largest absolute Gasteiger partial charge is 0.495 e. The Morgan fingerprint density at radius 2 is 1.91 bits per heavy atom. The molecule has 34 heavy (non-hydrogen) atoms. The van der Waals surface area contributed by atoms with E-state index in [0.717, 1.165) is 15.4 Å². The summed E-state index contributed by atoms with van der Waals surface area (Å²) in [6.45, 7) is 0.276. The Balaban J connectivity index is 1.97. The molecule has 1 aromatic rings. The van der Waals surface area contributed by atoms with Crippen molar-refractivity contribution in [2.45, 2.75) is 25.8 Å². The minimum absolute atomic E-state index is 0.0283. The van der Waals surface area contributed by atoms with Crippen molar-refractivity contribution in [3.05, 3.63) is 21.8 Å². The molecule has 1 heterocycles. The number of carbonyl (C=O) groups excluding carboxylic acids is 5.